The normalized spacial score (nSPS) is 10.8. The number of anilines is 1. The molecule has 2 aromatic heterocycles. The number of hydrogen-bond donors (Lipinski definition) is 2. The predicted octanol–water partition coefficient (Wildman–Crippen LogP) is 3.39. The Labute approximate surface area is 151 Å². The van der Waals surface area contributed by atoms with Crippen molar-refractivity contribution < 1.29 is 4.79 Å². The second-order valence-corrected chi connectivity index (χ2v) is 7.23. The Bertz CT molecular complexity index is 889. The summed E-state index contributed by atoms with van der Waals surface area (Å²) in [7, 11) is 0. The maximum Gasteiger partial charge on any atom is 0.239 e. The van der Waals surface area contributed by atoms with Crippen molar-refractivity contribution in [3.8, 4) is 0 Å². The van der Waals surface area contributed by atoms with Crippen LogP contribution in [0, 0.1) is 20.8 Å². The van der Waals surface area contributed by atoms with Crippen LogP contribution in [0.25, 0.3) is 10.2 Å². The Kier molecular flexibility index (Phi) is 5.28. The summed E-state index contributed by atoms with van der Waals surface area (Å²) in [4.78, 5) is 23.3. The number of aromatic nitrogens is 2. The summed E-state index contributed by atoms with van der Waals surface area (Å²) in [5.74, 6) is 1.41. The van der Waals surface area contributed by atoms with E-state index in [0.717, 1.165) is 22.5 Å². The van der Waals surface area contributed by atoms with E-state index in [1.54, 1.807) is 11.3 Å². The van der Waals surface area contributed by atoms with Crippen LogP contribution in [-0.2, 0) is 11.2 Å². The number of carbonyl (C=O) groups excluding carboxylic acids is 1. The molecule has 0 atom stereocenters. The van der Waals surface area contributed by atoms with Gasteiger partial charge in [-0.05, 0) is 38.3 Å². The summed E-state index contributed by atoms with van der Waals surface area (Å²) in [6.07, 6.45) is 0.826. The van der Waals surface area contributed by atoms with Crippen LogP contribution in [0.5, 0.6) is 0 Å². The van der Waals surface area contributed by atoms with Crippen molar-refractivity contribution in [1.82, 2.24) is 15.3 Å². The molecule has 1 aromatic carbocycles. The van der Waals surface area contributed by atoms with E-state index in [1.165, 1.54) is 16.0 Å². The van der Waals surface area contributed by atoms with Crippen LogP contribution in [0.2, 0.25) is 0 Å². The van der Waals surface area contributed by atoms with Crippen LogP contribution in [-0.4, -0.2) is 29.0 Å². The largest absolute Gasteiger partial charge is 0.360 e. The Morgan fingerprint density at radius 2 is 1.88 bits per heavy atom. The molecule has 0 bridgehead atoms. The highest BCUT2D eigenvalue weighted by atomic mass is 32.1. The van der Waals surface area contributed by atoms with Crippen molar-refractivity contribution in [2.75, 3.05) is 18.4 Å². The summed E-state index contributed by atoms with van der Waals surface area (Å²) in [5.41, 5.74) is 2.39. The topological polar surface area (TPSA) is 66.9 Å². The van der Waals surface area contributed by atoms with Gasteiger partial charge in [0.1, 0.15) is 16.5 Å². The average molecular weight is 354 g/mol. The van der Waals surface area contributed by atoms with Gasteiger partial charge in [-0.15, -0.1) is 11.3 Å². The van der Waals surface area contributed by atoms with E-state index in [-0.39, 0.29) is 12.5 Å². The van der Waals surface area contributed by atoms with E-state index in [1.807, 2.05) is 25.1 Å². The van der Waals surface area contributed by atoms with Gasteiger partial charge < -0.3 is 10.6 Å². The Hall–Kier alpha value is -2.47. The molecule has 0 radical (unpaired) electrons. The first-order chi connectivity index (χ1) is 12.0. The molecular weight excluding hydrogens is 332 g/mol. The highest BCUT2D eigenvalue weighted by molar-refractivity contribution is 7.18. The van der Waals surface area contributed by atoms with Gasteiger partial charge >= 0.3 is 0 Å². The SMILES string of the molecule is Cc1nc(NCC(=O)NCCc2ccccc2)c2c(C)c(C)sc2n1. The summed E-state index contributed by atoms with van der Waals surface area (Å²) in [5, 5.41) is 7.13. The molecule has 6 heteroatoms. The Morgan fingerprint density at radius 1 is 1.12 bits per heavy atom. The molecule has 25 heavy (non-hydrogen) atoms. The monoisotopic (exact) mass is 354 g/mol. The standard InChI is InChI=1S/C19H22N4OS/c1-12-13(2)25-19-17(12)18(22-14(3)23-19)21-11-16(24)20-10-9-15-7-5-4-6-8-15/h4-8H,9-11H2,1-3H3,(H,20,24)(H,21,22,23). The average Bonchev–Trinajstić information content (AvgIpc) is 2.88. The van der Waals surface area contributed by atoms with Gasteiger partial charge in [0, 0.05) is 11.4 Å². The van der Waals surface area contributed by atoms with Crippen molar-refractivity contribution in [1.29, 1.82) is 0 Å². The Morgan fingerprint density at radius 3 is 2.64 bits per heavy atom. The van der Waals surface area contributed by atoms with Crippen LogP contribution in [0.15, 0.2) is 30.3 Å². The van der Waals surface area contributed by atoms with Gasteiger partial charge in [0.2, 0.25) is 5.91 Å². The first-order valence-corrected chi connectivity index (χ1v) is 9.15. The number of aryl methyl sites for hydroxylation is 3. The fraction of sp³-hybridized carbons (Fsp3) is 0.316. The lowest BCUT2D eigenvalue weighted by atomic mass is 10.1. The summed E-state index contributed by atoms with van der Waals surface area (Å²) < 4.78 is 0. The molecule has 5 nitrogen and oxygen atoms in total. The third kappa shape index (κ3) is 4.14. The second-order valence-electron chi connectivity index (χ2n) is 6.02. The minimum absolute atomic E-state index is 0.0371. The van der Waals surface area contributed by atoms with Crippen molar-refractivity contribution in [2.45, 2.75) is 27.2 Å². The van der Waals surface area contributed by atoms with Crippen LogP contribution < -0.4 is 10.6 Å². The lowest BCUT2D eigenvalue weighted by molar-refractivity contribution is -0.119. The van der Waals surface area contributed by atoms with Gasteiger partial charge in [-0.3, -0.25) is 4.79 Å². The first-order valence-electron chi connectivity index (χ1n) is 8.33. The van der Waals surface area contributed by atoms with Crippen molar-refractivity contribution in [3.05, 3.63) is 52.2 Å². The minimum Gasteiger partial charge on any atom is -0.360 e. The maximum absolute atomic E-state index is 12.1. The van der Waals surface area contributed by atoms with E-state index < -0.39 is 0 Å². The molecule has 2 heterocycles. The molecule has 0 aliphatic heterocycles. The molecule has 0 saturated heterocycles. The predicted molar refractivity (Wildman–Crippen MR) is 103 cm³/mol. The number of carbonyl (C=O) groups is 1. The number of fused-ring (bicyclic) bond motifs is 1. The zero-order valence-corrected chi connectivity index (χ0v) is 15.5. The maximum atomic E-state index is 12.1. The molecule has 2 N–H and O–H groups in total. The molecule has 0 unspecified atom stereocenters. The minimum atomic E-state index is -0.0371. The summed E-state index contributed by atoms with van der Waals surface area (Å²) in [6.45, 7) is 6.85. The van der Waals surface area contributed by atoms with E-state index >= 15 is 0 Å². The first kappa shape index (κ1) is 17.4. The number of thiophene rings is 1. The van der Waals surface area contributed by atoms with Gasteiger partial charge in [0.25, 0.3) is 0 Å². The van der Waals surface area contributed by atoms with Crippen LogP contribution >= 0.6 is 11.3 Å². The molecule has 3 aromatic rings. The van der Waals surface area contributed by atoms with Crippen molar-refractivity contribution >= 4 is 33.3 Å². The molecule has 0 aliphatic rings. The lowest BCUT2D eigenvalue weighted by Gasteiger charge is -2.09. The smallest absolute Gasteiger partial charge is 0.239 e. The molecule has 0 fully saturated rings. The zero-order valence-electron chi connectivity index (χ0n) is 14.7. The van der Waals surface area contributed by atoms with Crippen LogP contribution in [0.3, 0.4) is 0 Å². The van der Waals surface area contributed by atoms with Gasteiger partial charge in [-0.25, -0.2) is 9.97 Å². The van der Waals surface area contributed by atoms with E-state index in [2.05, 4.69) is 46.6 Å². The number of rotatable bonds is 6. The fourth-order valence-corrected chi connectivity index (χ4v) is 3.78. The third-order valence-corrected chi connectivity index (χ3v) is 5.24. The van der Waals surface area contributed by atoms with Gasteiger partial charge in [-0.1, -0.05) is 30.3 Å². The third-order valence-electron chi connectivity index (χ3n) is 4.14. The van der Waals surface area contributed by atoms with Crippen LogP contribution in [0.4, 0.5) is 5.82 Å². The number of nitrogens with one attached hydrogen (secondary N) is 2. The van der Waals surface area contributed by atoms with E-state index in [4.69, 9.17) is 0 Å². The molecule has 0 saturated carbocycles. The van der Waals surface area contributed by atoms with Crippen molar-refractivity contribution in [2.24, 2.45) is 0 Å². The number of hydrogen-bond acceptors (Lipinski definition) is 5. The highest BCUT2D eigenvalue weighted by Crippen LogP contribution is 2.32. The number of amides is 1. The molecule has 130 valence electrons. The highest BCUT2D eigenvalue weighted by Gasteiger charge is 2.14. The summed E-state index contributed by atoms with van der Waals surface area (Å²) in [6, 6.07) is 10.1. The molecule has 0 aliphatic carbocycles. The van der Waals surface area contributed by atoms with Gasteiger partial charge in [-0.2, -0.15) is 0 Å². The molecule has 3 rings (SSSR count). The van der Waals surface area contributed by atoms with E-state index in [0.29, 0.717) is 12.4 Å². The van der Waals surface area contributed by atoms with Crippen LogP contribution in [0.1, 0.15) is 21.8 Å². The number of nitrogens with zero attached hydrogens (tertiary/aromatic N) is 2. The quantitative estimate of drug-likeness (QED) is 0.712. The molecule has 1 amide bonds. The molecular formula is C19H22N4OS. The summed E-state index contributed by atoms with van der Waals surface area (Å²) >= 11 is 1.66. The second kappa shape index (κ2) is 7.61. The van der Waals surface area contributed by atoms with Crippen molar-refractivity contribution in [3.63, 3.8) is 0 Å². The Balaban J connectivity index is 1.59. The lowest BCUT2D eigenvalue weighted by Crippen LogP contribution is -2.31. The van der Waals surface area contributed by atoms with Gasteiger partial charge in [0.05, 0.1) is 11.9 Å². The number of benzene rings is 1. The van der Waals surface area contributed by atoms with Gasteiger partial charge in [0.15, 0.2) is 0 Å². The zero-order chi connectivity index (χ0) is 17.8. The van der Waals surface area contributed by atoms with E-state index in [9.17, 15) is 4.79 Å². The fourth-order valence-electron chi connectivity index (χ4n) is 2.70. The molecule has 0 spiro atoms.